The molecule has 0 amide bonds. The predicted octanol–water partition coefficient (Wildman–Crippen LogP) is 9.10. The minimum atomic E-state index is -0.107. The van der Waals surface area contributed by atoms with Crippen molar-refractivity contribution in [3.05, 3.63) is 0 Å². The van der Waals surface area contributed by atoms with Gasteiger partial charge in [0.25, 0.3) is 0 Å². The fourth-order valence-electron chi connectivity index (χ4n) is 13.3. The first kappa shape index (κ1) is 30.9. The highest BCUT2D eigenvalue weighted by Gasteiger charge is 2.62. The summed E-state index contributed by atoms with van der Waals surface area (Å²) in [5, 5.41) is 0. The Labute approximate surface area is 257 Å². The van der Waals surface area contributed by atoms with E-state index in [4.69, 9.17) is 9.47 Å². The number of methoxy groups -OCH3 is 1. The third kappa shape index (κ3) is 4.99. The molecule has 238 valence electrons. The van der Waals surface area contributed by atoms with Gasteiger partial charge in [-0.3, -0.25) is 9.59 Å². The second-order valence-corrected chi connectivity index (χ2v) is 16.1. The molecule has 4 nitrogen and oxygen atoms in total. The molecule has 42 heavy (non-hydrogen) atoms. The van der Waals surface area contributed by atoms with E-state index in [2.05, 4.69) is 34.6 Å². The Balaban J connectivity index is 0.000000157. The van der Waals surface area contributed by atoms with Crippen LogP contribution in [0.3, 0.4) is 0 Å². The van der Waals surface area contributed by atoms with Crippen LogP contribution in [0.15, 0.2) is 0 Å². The molecule has 4 heteroatoms. The molecule has 0 aliphatic heterocycles. The number of ether oxygens (including phenoxy) is 2. The Bertz CT molecular complexity index is 968. The van der Waals surface area contributed by atoms with Gasteiger partial charge >= 0.3 is 11.9 Å². The molecule has 0 spiro atoms. The van der Waals surface area contributed by atoms with Crippen molar-refractivity contribution in [3.63, 3.8) is 0 Å². The zero-order valence-electron chi connectivity index (χ0n) is 27.8. The summed E-state index contributed by atoms with van der Waals surface area (Å²) < 4.78 is 11.2. The van der Waals surface area contributed by atoms with Crippen molar-refractivity contribution < 1.29 is 19.1 Å². The van der Waals surface area contributed by atoms with Crippen LogP contribution in [-0.4, -0.2) is 24.6 Å². The van der Waals surface area contributed by atoms with E-state index in [1.807, 2.05) is 0 Å². The largest absolute Gasteiger partial charge is 0.469 e. The number of rotatable bonds is 8. The highest BCUT2D eigenvalue weighted by molar-refractivity contribution is 5.74. The molecule has 4 bridgehead atoms. The molecule has 7 aliphatic rings. The van der Waals surface area contributed by atoms with E-state index in [1.165, 1.54) is 64.2 Å². The number of esters is 2. The molecule has 0 saturated heterocycles. The maximum atomic E-state index is 13.1. The van der Waals surface area contributed by atoms with E-state index in [1.54, 1.807) is 7.11 Å². The average molecular weight is 583 g/mol. The quantitative estimate of drug-likeness (QED) is 0.268. The number of hydrogen-bond acceptors (Lipinski definition) is 4. The molecule has 7 fully saturated rings. The number of hydrogen-bond donors (Lipinski definition) is 0. The summed E-state index contributed by atoms with van der Waals surface area (Å²) in [6, 6.07) is 0. The third-order valence-corrected chi connectivity index (χ3v) is 15.0. The molecule has 14 atom stereocenters. The van der Waals surface area contributed by atoms with Crippen LogP contribution < -0.4 is 0 Å². The molecule has 0 aromatic carbocycles. The van der Waals surface area contributed by atoms with E-state index in [0.29, 0.717) is 11.8 Å². The number of carbonyl (C=O) groups is 2. The van der Waals surface area contributed by atoms with E-state index in [-0.39, 0.29) is 29.4 Å². The maximum absolute atomic E-state index is 13.1. The minimum Gasteiger partial charge on any atom is -0.469 e. The lowest BCUT2D eigenvalue weighted by Crippen LogP contribution is -2.39. The first-order valence-electron chi connectivity index (χ1n) is 18.6. The molecule has 0 N–H and O–H groups in total. The Kier molecular flexibility index (Phi) is 9.12. The minimum absolute atomic E-state index is 0.0655. The molecule has 0 aromatic heterocycles. The van der Waals surface area contributed by atoms with E-state index in [0.717, 1.165) is 91.3 Å². The van der Waals surface area contributed by atoms with Crippen LogP contribution in [0.1, 0.15) is 131 Å². The Hall–Kier alpha value is -1.06. The predicted molar refractivity (Wildman–Crippen MR) is 167 cm³/mol. The summed E-state index contributed by atoms with van der Waals surface area (Å²) in [5.41, 5.74) is -0.107. The highest BCUT2D eigenvalue weighted by Crippen LogP contribution is 2.67. The molecule has 14 unspecified atom stereocenters. The van der Waals surface area contributed by atoms with Crippen molar-refractivity contribution in [2.45, 2.75) is 137 Å². The number of fused-ring (bicyclic) bond motifs is 10. The lowest BCUT2D eigenvalue weighted by molar-refractivity contribution is -0.168. The highest BCUT2D eigenvalue weighted by atomic mass is 16.6. The molecule has 7 rings (SSSR count). The van der Waals surface area contributed by atoms with Crippen molar-refractivity contribution in [1.29, 1.82) is 0 Å². The van der Waals surface area contributed by atoms with Gasteiger partial charge in [0.1, 0.15) is 5.60 Å². The van der Waals surface area contributed by atoms with E-state index < -0.39 is 0 Å². The van der Waals surface area contributed by atoms with Crippen LogP contribution in [0.5, 0.6) is 0 Å². The first-order valence-corrected chi connectivity index (χ1v) is 18.6. The smallest absolute Gasteiger partial charge is 0.309 e. The van der Waals surface area contributed by atoms with Crippen LogP contribution in [0.2, 0.25) is 0 Å². The standard InChI is InChI=1S/C22H36O2.C16H26O2/c1-4-14-11-15(5-2)20-17-12-16(19(14)20)13-18(17)21(23)24-22(6-3)9-7-8-10-22;1-4-9-6-10(5-2)15-12-7-11(14(9)15)8-13(12)16(17)18-3/h14-20H,4-13H2,1-3H3;9-15H,4-8H2,1-3H3. The molecule has 0 heterocycles. The van der Waals surface area contributed by atoms with Gasteiger partial charge in [-0.2, -0.15) is 0 Å². The normalized spacial score (nSPS) is 47.2. The summed E-state index contributed by atoms with van der Waals surface area (Å²) in [6.45, 7) is 11.6. The average Bonchev–Trinajstić information content (AvgIpc) is 3.86. The second-order valence-electron chi connectivity index (χ2n) is 16.1. The van der Waals surface area contributed by atoms with Gasteiger partial charge in [-0.1, -0.05) is 60.3 Å². The Morgan fingerprint density at radius 1 is 0.595 bits per heavy atom. The topological polar surface area (TPSA) is 52.6 Å². The van der Waals surface area contributed by atoms with Crippen LogP contribution in [-0.2, 0) is 19.1 Å². The fraction of sp³-hybridized carbons (Fsp3) is 0.947. The monoisotopic (exact) mass is 582 g/mol. The maximum Gasteiger partial charge on any atom is 0.309 e. The van der Waals surface area contributed by atoms with E-state index >= 15 is 0 Å². The van der Waals surface area contributed by atoms with Crippen LogP contribution in [0.25, 0.3) is 0 Å². The molecular formula is C38H62O4. The first-order chi connectivity index (χ1) is 20.3. The summed E-state index contributed by atoms with van der Waals surface area (Å²) in [7, 11) is 1.55. The van der Waals surface area contributed by atoms with Gasteiger partial charge in [-0.25, -0.2) is 0 Å². The van der Waals surface area contributed by atoms with Crippen LogP contribution >= 0.6 is 0 Å². The summed E-state index contributed by atoms with van der Waals surface area (Å²) in [5.74, 6) is 10.8. The van der Waals surface area contributed by atoms with Crippen molar-refractivity contribution >= 4 is 11.9 Å². The van der Waals surface area contributed by atoms with Crippen LogP contribution in [0.4, 0.5) is 0 Å². The van der Waals surface area contributed by atoms with Gasteiger partial charge in [0.05, 0.1) is 18.9 Å². The van der Waals surface area contributed by atoms with Crippen molar-refractivity contribution in [2.24, 2.45) is 82.9 Å². The van der Waals surface area contributed by atoms with Crippen molar-refractivity contribution in [2.75, 3.05) is 7.11 Å². The lowest BCUT2D eigenvalue weighted by Gasteiger charge is -2.37. The van der Waals surface area contributed by atoms with Gasteiger partial charge in [-0.05, 0) is 142 Å². The molecular weight excluding hydrogens is 520 g/mol. The fourth-order valence-corrected chi connectivity index (χ4v) is 13.3. The number of carbonyl (C=O) groups excluding carboxylic acids is 2. The molecule has 0 aromatic rings. The molecule has 7 saturated carbocycles. The zero-order valence-corrected chi connectivity index (χ0v) is 27.8. The van der Waals surface area contributed by atoms with Gasteiger partial charge in [0.2, 0.25) is 0 Å². The van der Waals surface area contributed by atoms with Crippen molar-refractivity contribution in [3.8, 4) is 0 Å². The van der Waals surface area contributed by atoms with Gasteiger partial charge in [-0.15, -0.1) is 0 Å². The van der Waals surface area contributed by atoms with Gasteiger partial charge in [0, 0.05) is 0 Å². The SMILES string of the molecule is CCC1CC(CC)C2C3CC(CC3C(=O)OC)C12.CCC1CC(CC)C2C3CC(CC3C(=O)OC3(CC)CCCC3)C12. The summed E-state index contributed by atoms with van der Waals surface area (Å²) in [6.07, 6.45) is 18.7. The van der Waals surface area contributed by atoms with Crippen LogP contribution in [0, 0.1) is 82.9 Å². The van der Waals surface area contributed by atoms with E-state index in [9.17, 15) is 9.59 Å². The summed E-state index contributed by atoms with van der Waals surface area (Å²) in [4.78, 5) is 25.0. The Morgan fingerprint density at radius 3 is 1.43 bits per heavy atom. The molecule has 7 aliphatic carbocycles. The van der Waals surface area contributed by atoms with Crippen molar-refractivity contribution in [1.82, 2.24) is 0 Å². The van der Waals surface area contributed by atoms with Gasteiger partial charge in [0.15, 0.2) is 0 Å². The summed E-state index contributed by atoms with van der Waals surface area (Å²) >= 11 is 0. The lowest BCUT2D eigenvalue weighted by atomic mass is 9.70. The van der Waals surface area contributed by atoms with Gasteiger partial charge < -0.3 is 9.47 Å². The second kappa shape index (κ2) is 12.4. The third-order valence-electron chi connectivity index (χ3n) is 15.0. The zero-order chi connectivity index (χ0) is 29.8. The Morgan fingerprint density at radius 2 is 1.02 bits per heavy atom. The molecule has 0 radical (unpaired) electrons.